The number of hydrogen-bond donors (Lipinski definition) is 1. The number of hydrogen-bond acceptors (Lipinski definition) is 6. The van der Waals surface area contributed by atoms with Gasteiger partial charge in [-0.3, -0.25) is 5.41 Å². The summed E-state index contributed by atoms with van der Waals surface area (Å²) < 4.78 is 6.44. The summed E-state index contributed by atoms with van der Waals surface area (Å²) in [7, 11) is 0. The number of aromatic nitrogens is 2. The first-order valence-corrected chi connectivity index (χ1v) is 12.6. The van der Waals surface area contributed by atoms with E-state index in [0.717, 1.165) is 29.3 Å². The monoisotopic (exact) mass is 543 g/mol. The Morgan fingerprint density at radius 2 is 1.77 bits per heavy atom. The van der Waals surface area contributed by atoms with Gasteiger partial charge in [0.2, 0.25) is 0 Å². The van der Waals surface area contributed by atoms with Gasteiger partial charge in [-0.05, 0) is 51.3 Å². The zero-order chi connectivity index (χ0) is 25.2. The average molecular weight is 544 g/mol. The number of carbonyl (C=O) groups is 1. The number of piperazine rings is 1. The molecule has 9 nitrogen and oxygen atoms in total. The van der Waals surface area contributed by atoms with E-state index in [1.54, 1.807) is 11.1 Å². The van der Waals surface area contributed by atoms with E-state index in [0.29, 0.717) is 37.7 Å². The van der Waals surface area contributed by atoms with E-state index in [2.05, 4.69) is 35.8 Å². The molecule has 4 rings (SSSR count). The molecule has 1 amide bonds. The van der Waals surface area contributed by atoms with E-state index in [-0.39, 0.29) is 17.8 Å². The first-order valence-electron chi connectivity index (χ1n) is 11.8. The first kappa shape index (κ1) is 25.1. The van der Waals surface area contributed by atoms with Gasteiger partial charge in [-0.15, -0.1) is 4.99 Å². The van der Waals surface area contributed by atoms with Crippen LogP contribution in [0, 0.1) is 5.41 Å². The number of halogens is 1. The van der Waals surface area contributed by atoms with Gasteiger partial charge in [-0.25, -0.2) is 14.8 Å². The summed E-state index contributed by atoms with van der Waals surface area (Å²) in [5.41, 5.74) is 0.433. The molecule has 10 heteroatoms. The Bertz CT molecular complexity index is 1100. The molecular formula is C25H32BrN6O3+. The lowest BCUT2D eigenvalue weighted by atomic mass is 9.63. The molecule has 1 saturated heterocycles. The quantitative estimate of drug-likeness (QED) is 0.356. The maximum absolute atomic E-state index is 12.3. The van der Waals surface area contributed by atoms with Gasteiger partial charge in [0.1, 0.15) is 17.3 Å². The van der Waals surface area contributed by atoms with Gasteiger partial charge < -0.3 is 19.6 Å². The predicted octanol–water partition coefficient (Wildman–Crippen LogP) is 3.87. The molecule has 1 saturated carbocycles. The van der Waals surface area contributed by atoms with Gasteiger partial charge in [0, 0.05) is 30.7 Å². The topological polar surface area (TPSA) is 118 Å². The molecule has 0 unspecified atom stereocenters. The number of amides is 1. The maximum atomic E-state index is 12.3. The Hall–Kier alpha value is -3.01. The standard InChI is InChI=1S/C25H31BrN6O3/c1-24(2,3)35-23(34)32-13-11-31(12-14-32)20-16-28-19(15-29-20)21(33)30-22(27)25(9-4-10-25)17-5-7-18(26)8-6-17/h5-8,15-16H,4,9-14H2,1-3H3,(H2,27,30,33)/p+1. The highest BCUT2D eigenvalue weighted by Gasteiger charge is 2.43. The SMILES string of the molecule is CC(C)(C)OC(=O)N1CCN(c2cnc(C([OH2+])=NC(=N)C3(c4ccc(Br)cc4)CCC3)cn2)CC1. The highest BCUT2D eigenvalue weighted by Crippen LogP contribution is 2.45. The molecule has 0 atom stereocenters. The van der Waals surface area contributed by atoms with Gasteiger partial charge >= 0.3 is 12.0 Å². The molecule has 1 aromatic heterocycles. The molecule has 0 spiro atoms. The van der Waals surface area contributed by atoms with Crippen LogP contribution >= 0.6 is 15.9 Å². The Balaban J connectivity index is 1.39. The van der Waals surface area contributed by atoms with Crippen molar-refractivity contribution in [3.05, 3.63) is 52.4 Å². The molecule has 1 aliphatic carbocycles. The van der Waals surface area contributed by atoms with Crippen LogP contribution in [-0.4, -0.2) is 69.6 Å². The van der Waals surface area contributed by atoms with Gasteiger partial charge in [0.15, 0.2) is 5.69 Å². The highest BCUT2D eigenvalue weighted by atomic mass is 79.9. The van der Waals surface area contributed by atoms with E-state index in [1.165, 1.54) is 6.20 Å². The molecular weight excluding hydrogens is 512 g/mol. The summed E-state index contributed by atoms with van der Waals surface area (Å²) in [6.07, 6.45) is 5.59. The van der Waals surface area contributed by atoms with Crippen molar-refractivity contribution in [2.75, 3.05) is 31.1 Å². The molecule has 2 aromatic rings. The number of ether oxygens (including phenoxy) is 1. The number of rotatable bonds is 4. The summed E-state index contributed by atoms with van der Waals surface area (Å²) in [4.78, 5) is 29.2. The second kappa shape index (κ2) is 9.93. The molecule has 186 valence electrons. The lowest BCUT2D eigenvalue weighted by Crippen LogP contribution is -2.50. The second-order valence-corrected chi connectivity index (χ2v) is 10.9. The number of benzene rings is 1. The average Bonchev–Trinajstić information content (AvgIpc) is 2.78. The van der Waals surface area contributed by atoms with Gasteiger partial charge in [-0.2, -0.15) is 0 Å². The Labute approximate surface area is 213 Å². The number of carbonyl (C=O) groups excluding carboxylic acids is 1. The van der Waals surface area contributed by atoms with Crippen molar-refractivity contribution in [2.24, 2.45) is 4.99 Å². The van der Waals surface area contributed by atoms with Gasteiger partial charge in [-0.1, -0.05) is 34.5 Å². The Morgan fingerprint density at radius 1 is 1.11 bits per heavy atom. The minimum Gasteiger partial charge on any atom is -0.577 e. The lowest BCUT2D eigenvalue weighted by Gasteiger charge is -2.40. The second-order valence-electron chi connectivity index (χ2n) is 9.97. The largest absolute Gasteiger partial charge is 0.577 e. The lowest BCUT2D eigenvalue weighted by molar-refractivity contribution is 0.0240. The molecule has 0 bridgehead atoms. The first-order chi connectivity index (χ1) is 16.6. The zero-order valence-corrected chi connectivity index (χ0v) is 21.9. The van der Waals surface area contributed by atoms with Crippen LogP contribution in [0.5, 0.6) is 0 Å². The molecule has 35 heavy (non-hydrogen) atoms. The summed E-state index contributed by atoms with van der Waals surface area (Å²) in [5.74, 6) is 0.818. The highest BCUT2D eigenvalue weighted by molar-refractivity contribution is 9.10. The number of anilines is 1. The fourth-order valence-electron chi connectivity index (χ4n) is 4.29. The molecule has 1 aliphatic heterocycles. The van der Waals surface area contributed by atoms with Crippen LogP contribution in [0.15, 0.2) is 46.1 Å². The van der Waals surface area contributed by atoms with Crippen LogP contribution in [0.25, 0.3) is 0 Å². The Morgan fingerprint density at radius 3 is 2.29 bits per heavy atom. The molecule has 1 aromatic carbocycles. The molecule has 0 radical (unpaired) electrons. The van der Waals surface area contributed by atoms with E-state index >= 15 is 0 Å². The normalized spacial score (nSPS) is 18.1. The third kappa shape index (κ3) is 5.63. The van der Waals surface area contributed by atoms with Crippen LogP contribution < -0.4 is 4.90 Å². The van der Waals surface area contributed by atoms with E-state index in [9.17, 15) is 4.79 Å². The smallest absolute Gasteiger partial charge is 0.410 e. The van der Waals surface area contributed by atoms with Crippen LogP contribution in [0.4, 0.5) is 10.6 Å². The third-order valence-electron chi connectivity index (χ3n) is 6.42. The van der Waals surface area contributed by atoms with Crippen molar-refractivity contribution in [3.8, 4) is 0 Å². The van der Waals surface area contributed by atoms with Crippen molar-refractivity contribution in [3.63, 3.8) is 0 Å². The van der Waals surface area contributed by atoms with E-state index in [4.69, 9.17) is 15.3 Å². The summed E-state index contributed by atoms with van der Waals surface area (Å²) >= 11 is 3.46. The molecule has 2 fully saturated rings. The van der Waals surface area contributed by atoms with Crippen LogP contribution in [-0.2, 0) is 10.2 Å². The summed E-state index contributed by atoms with van der Waals surface area (Å²) in [6, 6.07) is 8.00. The number of amidine groups is 1. The number of aliphatic imine (C=N–C) groups is 1. The van der Waals surface area contributed by atoms with Gasteiger partial charge in [0.25, 0.3) is 0 Å². The van der Waals surface area contributed by atoms with Crippen molar-refractivity contribution >= 4 is 39.6 Å². The summed E-state index contributed by atoms with van der Waals surface area (Å²) in [6.45, 7) is 7.89. The number of nitrogens with zero attached hydrogens (tertiary/aromatic N) is 5. The fourth-order valence-corrected chi connectivity index (χ4v) is 4.55. The molecule has 2 aliphatic rings. The van der Waals surface area contributed by atoms with Crippen molar-refractivity contribution in [1.29, 1.82) is 5.41 Å². The zero-order valence-electron chi connectivity index (χ0n) is 20.3. The minimum atomic E-state index is -0.516. The third-order valence-corrected chi connectivity index (χ3v) is 6.95. The molecule has 2 heterocycles. The summed E-state index contributed by atoms with van der Waals surface area (Å²) in [5, 5.41) is 17.1. The van der Waals surface area contributed by atoms with Crippen LogP contribution in [0.2, 0.25) is 0 Å². The van der Waals surface area contributed by atoms with Crippen molar-refractivity contribution < 1.29 is 14.6 Å². The van der Waals surface area contributed by atoms with Crippen molar-refractivity contribution in [1.82, 2.24) is 14.9 Å². The predicted molar refractivity (Wildman–Crippen MR) is 140 cm³/mol. The maximum Gasteiger partial charge on any atom is 0.410 e. The Kier molecular flexibility index (Phi) is 7.12. The van der Waals surface area contributed by atoms with Crippen LogP contribution in [0.3, 0.4) is 0 Å². The fraction of sp³-hybridized carbons (Fsp3) is 0.480. The van der Waals surface area contributed by atoms with E-state index < -0.39 is 11.0 Å². The van der Waals surface area contributed by atoms with Crippen molar-refractivity contribution in [2.45, 2.75) is 51.0 Å². The van der Waals surface area contributed by atoms with Gasteiger partial charge in [0.05, 0.1) is 17.8 Å². The molecule has 3 N–H and O–H groups in total. The van der Waals surface area contributed by atoms with E-state index in [1.807, 2.05) is 45.0 Å². The number of nitrogens with one attached hydrogen (secondary N) is 1. The van der Waals surface area contributed by atoms with Crippen LogP contribution in [0.1, 0.15) is 51.3 Å². The minimum absolute atomic E-state index is 0.0628.